The van der Waals surface area contributed by atoms with Gasteiger partial charge in [0.15, 0.2) is 11.5 Å². The summed E-state index contributed by atoms with van der Waals surface area (Å²) in [6.45, 7) is 4.55. The molecule has 6 heteroatoms. The summed E-state index contributed by atoms with van der Waals surface area (Å²) >= 11 is 0. The molecule has 2 amide bonds. The number of nitrogens with one attached hydrogen (secondary N) is 2. The number of carbonyl (C=O) groups excluding carboxylic acids is 2. The van der Waals surface area contributed by atoms with Crippen LogP contribution in [0.15, 0.2) is 18.2 Å². The summed E-state index contributed by atoms with van der Waals surface area (Å²) in [6, 6.07) is 5.53. The number of hydrogen-bond donors (Lipinski definition) is 2. The molecule has 2 rings (SSSR count). The van der Waals surface area contributed by atoms with Crippen molar-refractivity contribution in [3.05, 3.63) is 23.8 Å². The standard InChI is InChI=1S/C16H22N2O4/c1-3-12(4-2)16(20)18-9-15(19)17-8-11-5-6-13-14(7-11)22-10-21-13/h5-7,12H,3-4,8-10H2,1-2H3,(H,17,19)(H,18,20). The molecular formula is C16H22N2O4. The highest BCUT2D eigenvalue weighted by molar-refractivity contribution is 5.85. The molecule has 0 aromatic heterocycles. The third-order valence-electron chi connectivity index (χ3n) is 3.71. The van der Waals surface area contributed by atoms with Crippen LogP contribution in [0.3, 0.4) is 0 Å². The van der Waals surface area contributed by atoms with Gasteiger partial charge in [-0.3, -0.25) is 9.59 Å². The van der Waals surface area contributed by atoms with Gasteiger partial charge in [-0.05, 0) is 30.5 Å². The lowest BCUT2D eigenvalue weighted by molar-refractivity contribution is -0.128. The van der Waals surface area contributed by atoms with Gasteiger partial charge in [0.05, 0.1) is 6.54 Å². The molecule has 0 atom stereocenters. The van der Waals surface area contributed by atoms with E-state index < -0.39 is 0 Å². The van der Waals surface area contributed by atoms with Crippen LogP contribution in [-0.2, 0) is 16.1 Å². The fourth-order valence-corrected chi connectivity index (χ4v) is 2.29. The van der Waals surface area contributed by atoms with Gasteiger partial charge in [0.1, 0.15) is 0 Å². The maximum absolute atomic E-state index is 11.8. The lowest BCUT2D eigenvalue weighted by Crippen LogP contribution is -2.39. The van der Waals surface area contributed by atoms with Crippen molar-refractivity contribution in [2.45, 2.75) is 33.2 Å². The summed E-state index contributed by atoms with van der Waals surface area (Å²) in [5, 5.41) is 5.44. The van der Waals surface area contributed by atoms with E-state index in [0.29, 0.717) is 18.0 Å². The van der Waals surface area contributed by atoms with E-state index in [-0.39, 0.29) is 31.1 Å². The van der Waals surface area contributed by atoms with Crippen LogP contribution in [0.2, 0.25) is 0 Å². The van der Waals surface area contributed by atoms with Gasteiger partial charge >= 0.3 is 0 Å². The summed E-state index contributed by atoms with van der Waals surface area (Å²) < 4.78 is 10.5. The molecule has 120 valence electrons. The molecule has 1 aromatic carbocycles. The van der Waals surface area contributed by atoms with Crippen LogP contribution in [0.5, 0.6) is 11.5 Å². The topological polar surface area (TPSA) is 76.7 Å². The van der Waals surface area contributed by atoms with Crippen molar-refractivity contribution in [2.24, 2.45) is 5.92 Å². The molecular weight excluding hydrogens is 284 g/mol. The number of rotatable bonds is 7. The van der Waals surface area contributed by atoms with Crippen LogP contribution in [0.25, 0.3) is 0 Å². The molecule has 0 radical (unpaired) electrons. The Morgan fingerprint density at radius 1 is 1.14 bits per heavy atom. The molecule has 1 aliphatic rings. The summed E-state index contributed by atoms with van der Waals surface area (Å²) in [6.07, 6.45) is 1.56. The van der Waals surface area contributed by atoms with Crippen molar-refractivity contribution < 1.29 is 19.1 Å². The average molecular weight is 306 g/mol. The van der Waals surface area contributed by atoms with E-state index in [4.69, 9.17) is 9.47 Å². The minimum atomic E-state index is -0.211. The van der Waals surface area contributed by atoms with Crippen molar-refractivity contribution in [1.82, 2.24) is 10.6 Å². The third-order valence-corrected chi connectivity index (χ3v) is 3.71. The quantitative estimate of drug-likeness (QED) is 0.802. The van der Waals surface area contributed by atoms with E-state index in [1.165, 1.54) is 0 Å². The van der Waals surface area contributed by atoms with Gasteiger partial charge in [-0.25, -0.2) is 0 Å². The van der Waals surface area contributed by atoms with Crippen molar-refractivity contribution >= 4 is 11.8 Å². The monoisotopic (exact) mass is 306 g/mol. The largest absolute Gasteiger partial charge is 0.454 e. The minimum Gasteiger partial charge on any atom is -0.454 e. The Hall–Kier alpha value is -2.24. The van der Waals surface area contributed by atoms with Gasteiger partial charge in [0.25, 0.3) is 0 Å². The first kappa shape index (κ1) is 16.1. The fraction of sp³-hybridized carbons (Fsp3) is 0.500. The Labute approximate surface area is 130 Å². The van der Waals surface area contributed by atoms with E-state index in [2.05, 4.69) is 10.6 Å². The predicted molar refractivity (Wildman–Crippen MR) is 81.5 cm³/mol. The summed E-state index contributed by atoms with van der Waals surface area (Å²) in [5.74, 6) is 1.10. The Kier molecular flexibility index (Phi) is 5.63. The second-order valence-corrected chi connectivity index (χ2v) is 5.20. The fourth-order valence-electron chi connectivity index (χ4n) is 2.29. The van der Waals surface area contributed by atoms with Crippen LogP contribution in [-0.4, -0.2) is 25.2 Å². The van der Waals surface area contributed by atoms with E-state index in [1.807, 2.05) is 32.0 Å². The van der Waals surface area contributed by atoms with E-state index in [1.54, 1.807) is 0 Å². The zero-order chi connectivity index (χ0) is 15.9. The van der Waals surface area contributed by atoms with Crippen molar-refractivity contribution in [3.63, 3.8) is 0 Å². The molecule has 0 saturated carbocycles. The van der Waals surface area contributed by atoms with Crippen LogP contribution in [0.4, 0.5) is 0 Å². The molecule has 0 saturated heterocycles. The van der Waals surface area contributed by atoms with Crippen molar-refractivity contribution in [3.8, 4) is 11.5 Å². The summed E-state index contributed by atoms with van der Waals surface area (Å²) in [7, 11) is 0. The molecule has 0 spiro atoms. The highest BCUT2D eigenvalue weighted by Crippen LogP contribution is 2.32. The SMILES string of the molecule is CCC(CC)C(=O)NCC(=O)NCc1ccc2c(c1)OCO2. The van der Waals surface area contributed by atoms with Gasteiger partial charge < -0.3 is 20.1 Å². The molecule has 0 bridgehead atoms. The van der Waals surface area contributed by atoms with Gasteiger partial charge in [0.2, 0.25) is 18.6 Å². The zero-order valence-electron chi connectivity index (χ0n) is 13.0. The zero-order valence-corrected chi connectivity index (χ0v) is 13.0. The van der Waals surface area contributed by atoms with Gasteiger partial charge in [0, 0.05) is 12.5 Å². The normalized spacial score (nSPS) is 12.3. The first-order valence-corrected chi connectivity index (χ1v) is 7.57. The summed E-state index contributed by atoms with van der Waals surface area (Å²) in [5.41, 5.74) is 0.920. The van der Waals surface area contributed by atoms with Gasteiger partial charge in [-0.1, -0.05) is 19.9 Å². The molecule has 0 fully saturated rings. The molecule has 2 N–H and O–H groups in total. The average Bonchev–Trinajstić information content (AvgIpc) is 2.99. The molecule has 0 aliphatic carbocycles. The van der Waals surface area contributed by atoms with Crippen LogP contribution >= 0.6 is 0 Å². The lowest BCUT2D eigenvalue weighted by atomic mass is 10.0. The van der Waals surface area contributed by atoms with Crippen molar-refractivity contribution in [1.29, 1.82) is 0 Å². The molecule has 6 nitrogen and oxygen atoms in total. The number of carbonyl (C=O) groups is 2. The smallest absolute Gasteiger partial charge is 0.239 e. The Bertz CT molecular complexity index is 541. The van der Waals surface area contributed by atoms with E-state index >= 15 is 0 Å². The third kappa shape index (κ3) is 4.13. The Balaban J connectivity index is 1.75. The number of fused-ring (bicyclic) bond motifs is 1. The van der Waals surface area contributed by atoms with Crippen molar-refractivity contribution in [2.75, 3.05) is 13.3 Å². The van der Waals surface area contributed by atoms with Crippen LogP contribution < -0.4 is 20.1 Å². The number of amides is 2. The van der Waals surface area contributed by atoms with Gasteiger partial charge in [-0.15, -0.1) is 0 Å². The maximum Gasteiger partial charge on any atom is 0.239 e. The molecule has 1 aromatic rings. The second kappa shape index (κ2) is 7.68. The minimum absolute atomic E-state index is 0.000114. The van der Waals surface area contributed by atoms with E-state index in [0.717, 1.165) is 18.4 Å². The van der Waals surface area contributed by atoms with E-state index in [9.17, 15) is 9.59 Å². The number of hydrogen-bond acceptors (Lipinski definition) is 4. The molecule has 0 unspecified atom stereocenters. The maximum atomic E-state index is 11.8. The first-order valence-electron chi connectivity index (χ1n) is 7.57. The number of ether oxygens (including phenoxy) is 2. The Morgan fingerprint density at radius 2 is 1.86 bits per heavy atom. The van der Waals surface area contributed by atoms with Crippen LogP contribution in [0.1, 0.15) is 32.3 Å². The van der Waals surface area contributed by atoms with Gasteiger partial charge in [-0.2, -0.15) is 0 Å². The number of benzene rings is 1. The lowest BCUT2D eigenvalue weighted by Gasteiger charge is -2.12. The van der Waals surface area contributed by atoms with Crippen LogP contribution in [0, 0.1) is 5.92 Å². The summed E-state index contributed by atoms with van der Waals surface area (Å²) in [4.78, 5) is 23.6. The molecule has 22 heavy (non-hydrogen) atoms. The first-order chi connectivity index (χ1) is 10.6. The Morgan fingerprint density at radius 3 is 2.59 bits per heavy atom. The predicted octanol–water partition coefficient (Wildman–Crippen LogP) is 1.58. The highest BCUT2D eigenvalue weighted by atomic mass is 16.7. The second-order valence-electron chi connectivity index (χ2n) is 5.20. The highest BCUT2D eigenvalue weighted by Gasteiger charge is 2.15. The molecule has 1 aliphatic heterocycles. The molecule has 1 heterocycles.